The van der Waals surface area contributed by atoms with E-state index in [0.717, 1.165) is 35.9 Å². The van der Waals surface area contributed by atoms with Gasteiger partial charge in [0.25, 0.3) is 0 Å². The number of carboxylic acid groups (broad SMARTS) is 1. The molecule has 108 valence electrons. The summed E-state index contributed by atoms with van der Waals surface area (Å²) in [6.07, 6.45) is 2.37. The molecule has 1 saturated heterocycles. The highest BCUT2D eigenvalue weighted by Gasteiger charge is 2.34. The van der Waals surface area contributed by atoms with Gasteiger partial charge in [0, 0.05) is 35.2 Å². The SMILES string of the molecule is O=C(O)CC1CSCCN1C1CCc2cc(Cl)ccc21. The van der Waals surface area contributed by atoms with E-state index >= 15 is 0 Å². The highest BCUT2D eigenvalue weighted by atomic mass is 35.5. The summed E-state index contributed by atoms with van der Waals surface area (Å²) in [4.78, 5) is 13.5. The van der Waals surface area contributed by atoms with Gasteiger partial charge in [-0.1, -0.05) is 17.7 Å². The quantitative estimate of drug-likeness (QED) is 0.930. The molecule has 0 saturated carbocycles. The van der Waals surface area contributed by atoms with Crippen molar-refractivity contribution in [3.8, 4) is 0 Å². The van der Waals surface area contributed by atoms with Crippen LogP contribution in [0.3, 0.4) is 0 Å². The number of fused-ring (bicyclic) bond motifs is 1. The average molecular weight is 312 g/mol. The largest absolute Gasteiger partial charge is 0.481 e. The molecule has 2 unspecified atom stereocenters. The molecular formula is C15H18ClNO2S. The van der Waals surface area contributed by atoms with Gasteiger partial charge in [0.05, 0.1) is 6.42 Å². The molecule has 0 bridgehead atoms. The first-order valence-electron chi connectivity index (χ1n) is 6.99. The third-order valence-electron chi connectivity index (χ3n) is 4.23. The van der Waals surface area contributed by atoms with E-state index in [1.165, 1.54) is 11.1 Å². The molecule has 2 atom stereocenters. The molecular weight excluding hydrogens is 294 g/mol. The van der Waals surface area contributed by atoms with Crippen molar-refractivity contribution in [1.82, 2.24) is 4.90 Å². The molecule has 1 aromatic rings. The van der Waals surface area contributed by atoms with Crippen LogP contribution in [-0.4, -0.2) is 40.1 Å². The van der Waals surface area contributed by atoms with Crippen LogP contribution in [-0.2, 0) is 11.2 Å². The summed E-state index contributed by atoms with van der Waals surface area (Å²) in [6, 6.07) is 6.64. The number of benzene rings is 1. The van der Waals surface area contributed by atoms with Gasteiger partial charge < -0.3 is 5.11 Å². The van der Waals surface area contributed by atoms with E-state index in [0.29, 0.717) is 6.04 Å². The monoisotopic (exact) mass is 311 g/mol. The lowest BCUT2D eigenvalue weighted by molar-refractivity contribution is -0.138. The number of rotatable bonds is 3. The van der Waals surface area contributed by atoms with Crippen molar-refractivity contribution in [2.75, 3.05) is 18.1 Å². The molecule has 1 aromatic carbocycles. The molecule has 1 N–H and O–H groups in total. The van der Waals surface area contributed by atoms with Gasteiger partial charge in [0.1, 0.15) is 0 Å². The predicted octanol–water partition coefficient (Wildman–Crippen LogP) is 3.22. The van der Waals surface area contributed by atoms with E-state index in [1.54, 1.807) is 0 Å². The number of carbonyl (C=O) groups is 1. The Morgan fingerprint density at radius 1 is 1.50 bits per heavy atom. The highest BCUT2D eigenvalue weighted by Crippen LogP contribution is 2.40. The predicted molar refractivity (Wildman–Crippen MR) is 82.6 cm³/mol. The van der Waals surface area contributed by atoms with Gasteiger partial charge in [-0.05, 0) is 36.1 Å². The van der Waals surface area contributed by atoms with Crippen molar-refractivity contribution in [2.24, 2.45) is 0 Å². The Kier molecular flexibility index (Phi) is 4.24. The fourth-order valence-electron chi connectivity index (χ4n) is 3.36. The Labute approximate surface area is 128 Å². The Morgan fingerprint density at radius 2 is 2.35 bits per heavy atom. The smallest absolute Gasteiger partial charge is 0.304 e. The summed E-state index contributed by atoms with van der Waals surface area (Å²) in [6.45, 7) is 0.981. The van der Waals surface area contributed by atoms with E-state index < -0.39 is 5.97 Å². The molecule has 3 nitrogen and oxygen atoms in total. The molecule has 0 amide bonds. The summed E-state index contributed by atoms with van der Waals surface area (Å²) >= 11 is 7.92. The standard InChI is InChI=1S/C15H18ClNO2S/c16-11-2-3-13-10(7-11)1-4-14(13)17-5-6-20-9-12(17)8-15(18)19/h2-3,7,12,14H,1,4-6,8-9H2,(H,18,19). The summed E-state index contributed by atoms with van der Waals surface area (Å²) in [5, 5.41) is 9.90. The maximum atomic E-state index is 11.1. The number of carboxylic acids is 1. The number of nitrogens with zero attached hydrogens (tertiary/aromatic N) is 1. The van der Waals surface area contributed by atoms with E-state index in [2.05, 4.69) is 17.0 Å². The zero-order valence-electron chi connectivity index (χ0n) is 11.2. The maximum absolute atomic E-state index is 11.1. The van der Waals surface area contributed by atoms with Gasteiger partial charge in [-0.2, -0.15) is 11.8 Å². The number of thioether (sulfide) groups is 1. The van der Waals surface area contributed by atoms with Crippen LogP contribution in [0.25, 0.3) is 0 Å². The van der Waals surface area contributed by atoms with Gasteiger partial charge in [-0.15, -0.1) is 0 Å². The van der Waals surface area contributed by atoms with Crippen molar-refractivity contribution >= 4 is 29.3 Å². The van der Waals surface area contributed by atoms with Gasteiger partial charge in [-0.3, -0.25) is 9.69 Å². The van der Waals surface area contributed by atoms with Crippen LogP contribution in [0, 0.1) is 0 Å². The number of halogens is 1. The fourth-order valence-corrected chi connectivity index (χ4v) is 4.65. The lowest BCUT2D eigenvalue weighted by atomic mass is 10.0. The zero-order chi connectivity index (χ0) is 14.1. The Bertz CT molecular complexity index is 523. The van der Waals surface area contributed by atoms with Crippen LogP contribution >= 0.6 is 23.4 Å². The summed E-state index contributed by atoms with van der Waals surface area (Å²) in [5.74, 6) is 1.32. The van der Waals surface area contributed by atoms with Crippen molar-refractivity contribution in [3.05, 3.63) is 34.3 Å². The Balaban J connectivity index is 1.83. The Morgan fingerprint density at radius 3 is 3.15 bits per heavy atom. The maximum Gasteiger partial charge on any atom is 0.304 e. The lowest BCUT2D eigenvalue weighted by Gasteiger charge is -2.39. The van der Waals surface area contributed by atoms with Gasteiger partial charge in [-0.25, -0.2) is 0 Å². The van der Waals surface area contributed by atoms with Crippen molar-refractivity contribution < 1.29 is 9.90 Å². The topological polar surface area (TPSA) is 40.5 Å². The second-order valence-electron chi connectivity index (χ2n) is 5.46. The molecule has 1 fully saturated rings. The normalized spacial score (nSPS) is 26.4. The van der Waals surface area contributed by atoms with Gasteiger partial charge >= 0.3 is 5.97 Å². The minimum atomic E-state index is -0.697. The van der Waals surface area contributed by atoms with Crippen LogP contribution < -0.4 is 0 Å². The van der Waals surface area contributed by atoms with E-state index in [9.17, 15) is 4.79 Å². The third kappa shape index (κ3) is 2.83. The molecule has 0 spiro atoms. The molecule has 0 radical (unpaired) electrons. The van der Waals surface area contributed by atoms with Crippen LogP contribution in [0.1, 0.15) is 30.0 Å². The van der Waals surface area contributed by atoms with Crippen LogP contribution in [0.5, 0.6) is 0 Å². The summed E-state index contributed by atoms with van der Waals surface area (Å²) in [5.41, 5.74) is 2.67. The minimum Gasteiger partial charge on any atom is -0.481 e. The first kappa shape index (κ1) is 14.2. The first-order chi connectivity index (χ1) is 9.65. The average Bonchev–Trinajstić information content (AvgIpc) is 2.81. The fraction of sp³-hybridized carbons (Fsp3) is 0.533. The van der Waals surface area contributed by atoms with Crippen LogP contribution in [0.15, 0.2) is 18.2 Å². The second-order valence-corrected chi connectivity index (χ2v) is 7.05. The molecule has 5 heteroatoms. The molecule has 1 heterocycles. The number of aliphatic carboxylic acids is 1. The number of hydrogen-bond acceptors (Lipinski definition) is 3. The van der Waals surface area contributed by atoms with E-state index in [1.807, 2.05) is 17.8 Å². The zero-order valence-corrected chi connectivity index (χ0v) is 12.8. The minimum absolute atomic E-state index is 0.151. The molecule has 1 aliphatic carbocycles. The summed E-state index contributed by atoms with van der Waals surface area (Å²) in [7, 11) is 0. The van der Waals surface area contributed by atoms with Crippen LogP contribution in [0.4, 0.5) is 0 Å². The third-order valence-corrected chi connectivity index (χ3v) is 5.56. The Hall–Kier alpha value is -0.710. The molecule has 3 rings (SSSR count). The number of hydrogen-bond donors (Lipinski definition) is 1. The number of aryl methyl sites for hydroxylation is 1. The first-order valence-corrected chi connectivity index (χ1v) is 8.52. The van der Waals surface area contributed by atoms with E-state index in [-0.39, 0.29) is 12.5 Å². The molecule has 2 aliphatic rings. The van der Waals surface area contributed by atoms with Gasteiger partial charge in [0.15, 0.2) is 0 Å². The van der Waals surface area contributed by atoms with Crippen molar-refractivity contribution in [2.45, 2.75) is 31.3 Å². The van der Waals surface area contributed by atoms with Crippen molar-refractivity contribution in [3.63, 3.8) is 0 Å². The van der Waals surface area contributed by atoms with Crippen molar-refractivity contribution in [1.29, 1.82) is 0 Å². The molecule has 0 aromatic heterocycles. The van der Waals surface area contributed by atoms with E-state index in [4.69, 9.17) is 16.7 Å². The molecule has 20 heavy (non-hydrogen) atoms. The second kappa shape index (κ2) is 5.96. The lowest BCUT2D eigenvalue weighted by Crippen LogP contribution is -2.45. The van der Waals surface area contributed by atoms with Gasteiger partial charge in [0.2, 0.25) is 0 Å². The van der Waals surface area contributed by atoms with Crippen LogP contribution in [0.2, 0.25) is 5.02 Å². The summed E-state index contributed by atoms with van der Waals surface area (Å²) < 4.78 is 0. The molecule has 1 aliphatic heterocycles. The highest BCUT2D eigenvalue weighted by molar-refractivity contribution is 7.99.